The van der Waals surface area contributed by atoms with Crippen molar-refractivity contribution in [3.8, 4) is 11.5 Å². The van der Waals surface area contributed by atoms with Gasteiger partial charge in [0, 0.05) is 19.2 Å². The molecule has 1 aromatic heterocycles. The molecule has 2 N–H and O–H groups in total. The highest BCUT2D eigenvalue weighted by atomic mass is 16.6. The number of aromatic nitrogens is 1. The second kappa shape index (κ2) is 8.71. The highest BCUT2D eigenvalue weighted by molar-refractivity contribution is 6.03. The zero-order chi connectivity index (χ0) is 21.8. The molecule has 7 heteroatoms. The number of para-hydroxylation sites is 1. The summed E-state index contributed by atoms with van der Waals surface area (Å²) >= 11 is 0. The number of ether oxygens (including phenoxy) is 1. The number of primary amides is 1. The second-order valence-electron chi connectivity index (χ2n) is 7.13. The predicted molar refractivity (Wildman–Crippen MR) is 116 cm³/mol. The summed E-state index contributed by atoms with van der Waals surface area (Å²) in [5, 5.41) is 0. The van der Waals surface area contributed by atoms with Gasteiger partial charge < -0.3 is 19.8 Å². The first-order valence-corrected chi connectivity index (χ1v) is 9.72. The lowest BCUT2D eigenvalue weighted by atomic mass is 10.1. The van der Waals surface area contributed by atoms with Crippen molar-refractivity contribution in [3.63, 3.8) is 0 Å². The van der Waals surface area contributed by atoms with E-state index in [2.05, 4.69) is 4.98 Å². The molecule has 0 bridgehead atoms. The smallest absolute Gasteiger partial charge is 0.410 e. The number of benzene rings is 3. The van der Waals surface area contributed by atoms with Crippen LogP contribution in [-0.4, -0.2) is 28.9 Å². The van der Waals surface area contributed by atoms with Gasteiger partial charge in [0.25, 0.3) is 5.91 Å². The number of rotatable bonds is 6. The molecule has 4 rings (SSSR count). The molecule has 0 saturated heterocycles. The summed E-state index contributed by atoms with van der Waals surface area (Å²) in [6.45, 7) is 0.626. The van der Waals surface area contributed by atoms with Gasteiger partial charge in [-0.25, -0.2) is 9.78 Å². The van der Waals surface area contributed by atoms with Crippen LogP contribution in [0.2, 0.25) is 0 Å². The fourth-order valence-electron chi connectivity index (χ4n) is 3.19. The van der Waals surface area contributed by atoms with Gasteiger partial charge >= 0.3 is 6.09 Å². The number of nitrogens with two attached hydrogens (primary N) is 1. The molecule has 0 atom stereocenters. The van der Waals surface area contributed by atoms with Crippen LogP contribution in [0, 0.1) is 0 Å². The van der Waals surface area contributed by atoms with Gasteiger partial charge in [0.15, 0.2) is 5.58 Å². The third-order valence-electron chi connectivity index (χ3n) is 4.82. The van der Waals surface area contributed by atoms with E-state index in [4.69, 9.17) is 14.9 Å². The first kappa shape index (κ1) is 20.2. The molecule has 0 radical (unpaired) electrons. The minimum Gasteiger partial charge on any atom is -0.445 e. The molecule has 156 valence electrons. The lowest BCUT2D eigenvalue weighted by Crippen LogP contribution is -2.26. The number of oxazole rings is 1. The number of carbonyl (C=O) groups excluding carboxylic acids is 2. The fourth-order valence-corrected chi connectivity index (χ4v) is 3.19. The van der Waals surface area contributed by atoms with Gasteiger partial charge in [-0.1, -0.05) is 48.5 Å². The van der Waals surface area contributed by atoms with Crippen LogP contribution in [0.4, 0.5) is 4.79 Å². The average molecular weight is 415 g/mol. The Balaban J connectivity index is 1.42. The van der Waals surface area contributed by atoms with Gasteiger partial charge in [-0.15, -0.1) is 0 Å². The van der Waals surface area contributed by atoms with Gasteiger partial charge in [-0.3, -0.25) is 4.79 Å². The summed E-state index contributed by atoms with van der Waals surface area (Å²) in [5.74, 6) is -0.170. The molecule has 0 unspecified atom stereocenters. The van der Waals surface area contributed by atoms with E-state index >= 15 is 0 Å². The van der Waals surface area contributed by atoms with Gasteiger partial charge in [-0.2, -0.15) is 0 Å². The lowest BCUT2D eigenvalue weighted by molar-refractivity contribution is 0.0999. The fraction of sp³-hybridized carbons (Fsp3) is 0.125. The molecule has 7 nitrogen and oxygen atoms in total. The third kappa shape index (κ3) is 4.56. The Hall–Kier alpha value is -4.13. The van der Waals surface area contributed by atoms with Crippen LogP contribution in [0.5, 0.6) is 0 Å². The summed E-state index contributed by atoms with van der Waals surface area (Å²) in [5.41, 5.74) is 9.25. The molecule has 2 amide bonds. The van der Waals surface area contributed by atoms with E-state index in [9.17, 15) is 9.59 Å². The summed E-state index contributed by atoms with van der Waals surface area (Å²) in [6.07, 6.45) is -0.397. The molecule has 31 heavy (non-hydrogen) atoms. The molecule has 0 aliphatic heterocycles. The molecule has 0 aliphatic rings. The SMILES string of the molecule is CN(Cc1ccc(-c2nc3cccc(C(N)=O)c3o2)cc1)C(=O)OCc1ccccc1. The molecule has 0 saturated carbocycles. The van der Waals surface area contributed by atoms with E-state index in [0.29, 0.717) is 29.1 Å². The van der Waals surface area contributed by atoms with Crippen LogP contribution in [0.25, 0.3) is 22.6 Å². The summed E-state index contributed by atoms with van der Waals surface area (Å²) in [6, 6.07) is 22.1. The number of amides is 2. The molecular weight excluding hydrogens is 394 g/mol. The number of nitrogens with zero attached hydrogens (tertiary/aromatic N) is 2. The van der Waals surface area contributed by atoms with E-state index in [1.54, 1.807) is 25.2 Å². The summed E-state index contributed by atoms with van der Waals surface area (Å²) in [7, 11) is 1.69. The van der Waals surface area contributed by atoms with Gasteiger partial charge in [0.05, 0.1) is 5.56 Å². The van der Waals surface area contributed by atoms with Crippen LogP contribution in [-0.2, 0) is 17.9 Å². The number of hydrogen-bond acceptors (Lipinski definition) is 5. The molecule has 1 heterocycles. The van der Waals surface area contributed by atoms with Crippen molar-refractivity contribution in [2.75, 3.05) is 7.05 Å². The maximum absolute atomic E-state index is 12.2. The van der Waals surface area contributed by atoms with Gasteiger partial charge in [0.2, 0.25) is 5.89 Å². The summed E-state index contributed by atoms with van der Waals surface area (Å²) < 4.78 is 11.1. The molecule has 0 fully saturated rings. The van der Waals surface area contributed by atoms with E-state index in [-0.39, 0.29) is 6.61 Å². The Bertz CT molecular complexity index is 1220. The first-order chi connectivity index (χ1) is 15.0. The second-order valence-corrected chi connectivity index (χ2v) is 7.13. The molecule has 3 aromatic carbocycles. The minimum absolute atomic E-state index is 0.230. The maximum atomic E-state index is 12.2. The quantitative estimate of drug-likeness (QED) is 0.504. The number of fused-ring (bicyclic) bond motifs is 1. The Kier molecular flexibility index (Phi) is 5.66. The highest BCUT2D eigenvalue weighted by Gasteiger charge is 2.15. The third-order valence-corrected chi connectivity index (χ3v) is 4.82. The molecule has 0 spiro atoms. The van der Waals surface area contributed by atoms with Crippen LogP contribution in [0.3, 0.4) is 0 Å². The van der Waals surface area contributed by atoms with Crippen LogP contribution >= 0.6 is 0 Å². The predicted octanol–water partition coefficient (Wildman–Crippen LogP) is 4.36. The number of carbonyl (C=O) groups is 2. The topological polar surface area (TPSA) is 98.7 Å². The van der Waals surface area contributed by atoms with Crippen molar-refractivity contribution in [2.24, 2.45) is 5.73 Å². The zero-order valence-corrected chi connectivity index (χ0v) is 16.9. The van der Waals surface area contributed by atoms with E-state index in [1.807, 2.05) is 54.6 Å². The standard InChI is InChI=1S/C24H21N3O4/c1-27(24(29)30-15-17-6-3-2-4-7-17)14-16-10-12-18(13-11-16)23-26-20-9-5-8-19(22(25)28)21(20)31-23/h2-13H,14-15H2,1H3,(H2,25,28). The van der Waals surface area contributed by atoms with E-state index in [0.717, 1.165) is 16.7 Å². The van der Waals surface area contributed by atoms with Crippen LogP contribution in [0.1, 0.15) is 21.5 Å². The molecule has 0 aliphatic carbocycles. The van der Waals surface area contributed by atoms with E-state index < -0.39 is 12.0 Å². The van der Waals surface area contributed by atoms with Crippen LogP contribution in [0.15, 0.2) is 77.2 Å². The average Bonchev–Trinajstić information content (AvgIpc) is 3.23. The monoisotopic (exact) mass is 415 g/mol. The van der Waals surface area contributed by atoms with Crippen molar-refractivity contribution in [1.82, 2.24) is 9.88 Å². The minimum atomic E-state index is -0.564. The van der Waals surface area contributed by atoms with Crippen molar-refractivity contribution < 1.29 is 18.7 Å². The van der Waals surface area contributed by atoms with Gasteiger partial charge in [0.1, 0.15) is 12.1 Å². The largest absolute Gasteiger partial charge is 0.445 e. The Morgan fingerprint density at radius 2 is 1.71 bits per heavy atom. The lowest BCUT2D eigenvalue weighted by Gasteiger charge is -2.17. The summed E-state index contributed by atoms with van der Waals surface area (Å²) in [4.78, 5) is 29.8. The Morgan fingerprint density at radius 1 is 0.968 bits per heavy atom. The number of hydrogen-bond donors (Lipinski definition) is 1. The first-order valence-electron chi connectivity index (χ1n) is 9.72. The normalized spacial score (nSPS) is 10.7. The van der Waals surface area contributed by atoms with Crippen molar-refractivity contribution in [2.45, 2.75) is 13.2 Å². The Labute approximate surface area is 179 Å². The van der Waals surface area contributed by atoms with E-state index in [1.165, 1.54) is 4.90 Å². The Morgan fingerprint density at radius 3 is 2.42 bits per heavy atom. The zero-order valence-electron chi connectivity index (χ0n) is 16.9. The van der Waals surface area contributed by atoms with Crippen LogP contribution < -0.4 is 5.73 Å². The van der Waals surface area contributed by atoms with Gasteiger partial charge in [-0.05, 0) is 35.4 Å². The van der Waals surface area contributed by atoms with Crippen molar-refractivity contribution >= 4 is 23.1 Å². The van der Waals surface area contributed by atoms with Crippen molar-refractivity contribution in [3.05, 3.63) is 89.5 Å². The van der Waals surface area contributed by atoms with Crippen molar-refractivity contribution in [1.29, 1.82) is 0 Å². The molecular formula is C24H21N3O4. The maximum Gasteiger partial charge on any atom is 0.410 e. The molecule has 4 aromatic rings. The highest BCUT2D eigenvalue weighted by Crippen LogP contribution is 2.27.